The van der Waals surface area contributed by atoms with Gasteiger partial charge in [-0.25, -0.2) is 8.42 Å². The summed E-state index contributed by atoms with van der Waals surface area (Å²) < 4.78 is 31.2. The van der Waals surface area contributed by atoms with E-state index in [2.05, 4.69) is 19.2 Å². The molecule has 1 atom stereocenters. The third kappa shape index (κ3) is 6.69. The number of hydrogen-bond acceptors (Lipinski definition) is 4. The minimum atomic E-state index is -3.61. The molecule has 0 aliphatic carbocycles. The first-order valence-electron chi connectivity index (χ1n) is 10.1. The number of carbonyl (C=O) groups excluding carboxylic acids is 1. The lowest BCUT2D eigenvalue weighted by atomic mass is 9.93. The van der Waals surface area contributed by atoms with Gasteiger partial charge in [0.1, 0.15) is 5.75 Å². The van der Waals surface area contributed by atoms with Crippen LogP contribution in [0.2, 0.25) is 5.02 Å². The zero-order valence-corrected chi connectivity index (χ0v) is 20.5. The molecule has 0 radical (unpaired) electrons. The fraction of sp³-hybridized carbons (Fsp3) is 0.435. The predicted molar refractivity (Wildman–Crippen MR) is 125 cm³/mol. The normalized spacial score (nSPS) is 12.8. The summed E-state index contributed by atoms with van der Waals surface area (Å²) in [6, 6.07) is 10.7. The molecule has 0 spiro atoms. The second-order valence-electron chi connectivity index (χ2n) is 8.02. The number of halogens is 1. The highest BCUT2D eigenvalue weighted by atomic mass is 35.5. The van der Waals surface area contributed by atoms with Crippen LogP contribution in [0.3, 0.4) is 0 Å². The van der Waals surface area contributed by atoms with Gasteiger partial charge in [-0.3, -0.25) is 4.79 Å². The number of ether oxygens (including phenoxy) is 1. The molecule has 1 N–H and O–H groups in total. The molecule has 170 valence electrons. The molecule has 8 heteroatoms. The van der Waals surface area contributed by atoms with Gasteiger partial charge in [-0.15, -0.1) is 0 Å². The van der Waals surface area contributed by atoms with Crippen molar-refractivity contribution in [2.45, 2.75) is 46.2 Å². The van der Waals surface area contributed by atoms with Crippen LogP contribution in [-0.4, -0.2) is 38.5 Å². The summed E-state index contributed by atoms with van der Waals surface area (Å²) in [5.41, 5.74) is 3.66. The third-order valence-electron chi connectivity index (χ3n) is 5.18. The third-order valence-corrected chi connectivity index (χ3v) is 6.74. The van der Waals surface area contributed by atoms with E-state index in [9.17, 15) is 13.2 Å². The maximum atomic E-state index is 12.7. The minimum absolute atomic E-state index is 0.0272. The molecule has 6 nitrogen and oxygen atoms in total. The first-order valence-corrected chi connectivity index (χ1v) is 12.3. The molecule has 0 heterocycles. The number of carbonyl (C=O) groups is 1. The number of amides is 1. The number of benzene rings is 2. The van der Waals surface area contributed by atoms with Crippen LogP contribution in [0.15, 0.2) is 36.4 Å². The average Bonchev–Trinajstić information content (AvgIpc) is 2.67. The van der Waals surface area contributed by atoms with Crippen LogP contribution in [0.1, 0.15) is 55.0 Å². The molecule has 0 bridgehead atoms. The predicted octanol–water partition coefficient (Wildman–Crippen LogP) is 4.42. The number of nitrogens with zero attached hydrogens (tertiary/aromatic N) is 1. The van der Waals surface area contributed by atoms with Gasteiger partial charge in [0.15, 0.2) is 0 Å². The second-order valence-corrected chi connectivity index (χ2v) is 10.4. The molecule has 31 heavy (non-hydrogen) atoms. The fourth-order valence-corrected chi connectivity index (χ4v) is 4.36. The fourth-order valence-electron chi connectivity index (χ4n) is 3.44. The number of hydrogen-bond donors (Lipinski definition) is 1. The van der Waals surface area contributed by atoms with Crippen molar-refractivity contribution in [2.24, 2.45) is 0 Å². The van der Waals surface area contributed by atoms with Gasteiger partial charge < -0.3 is 10.1 Å². The number of sulfonamides is 1. The molecular formula is C23H31ClN2O4S. The summed E-state index contributed by atoms with van der Waals surface area (Å²) in [7, 11) is -1.97. The Balaban J connectivity index is 2.19. The SMILES string of the molecule is COc1cc(C)c([C@@H](C)NC(=O)CN(Cc2ccccc2Cl)S(C)(=O)=O)cc1C(C)C. The van der Waals surface area contributed by atoms with Gasteiger partial charge in [-0.1, -0.05) is 43.6 Å². The quantitative estimate of drug-likeness (QED) is 0.593. The Labute approximate surface area is 190 Å². The molecule has 2 rings (SSSR count). The molecule has 0 saturated heterocycles. The van der Waals surface area contributed by atoms with Crippen molar-refractivity contribution in [1.29, 1.82) is 0 Å². The lowest BCUT2D eigenvalue weighted by Gasteiger charge is -2.23. The Hall–Kier alpha value is -2.09. The van der Waals surface area contributed by atoms with E-state index >= 15 is 0 Å². The Morgan fingerprint density at radius 3 is 2.35 bits per heavy atom. The Bertz CT molecular complexity index is 1040. The first kappa shape index (κ1) is 25.2. The summed E-state index contributed by atoms with van der Waals surface area (Å²) in [5, 5.41) is 3.38. The monoisotopic (exact) mass is 466 g/mol. The zero-order valence-electron chi connectivity index (χ0n) is 18.9. The number of methoxy groups -OCH3 is 1. The lowest BCUT2D eigenvalue weighted by molar-refractivity contribution is -0.122. The molecule has 0 aromatic heterocycles. The van der Waals surface area contributed by atoms with Crippen LogP contribution in [0, 0.1) is 6.92 Å². The van der Waals surface area contributed by atoms with Crippen LogP contribution in [0.5, 0.6) is 5.75 Å². The van der Waals surface area contributed by atoms with E-state index in [1.165, 1.54) is 0 Å². The topological polar surface area (TPSA) is 75.7 Å². The van der Waals surface area contributed by atoms with Crippen molar-refractivity contribution in [2.75, 3.05) is 19.9 Å². The molecule has 0 saturated carbocycles. The van der Waals surface area contributed by atoms with E-state index in [4.69, 9.17) is 16.3 Å². The molecule has 2 aromatic rings. The number of nitrogens with one attached hydrogen (secondary N) is 1. The van der Waals surface area contributed by atoms with Crippen molar-refractivity contribution in [3.63, 3.8) is 0 Å². The smallest absolute Gasteiger partial charge is 0.235 e. The Kier molecular flexibility index (Phi) is 8.51. The van der Waals surface area contributed by atoms with Gasteiger partial charge in [0.2, 0.25) is 15.9 Å². The van der Waals surface area contributed by atoms with E-state index < -0.39 is 10.0 Å². The molecule has 0 fully saturated rings. The van der Waals surface area contributed by atoms with Gasteiger partial charge in [0.05, 0.1) is 26.0 Å². The molecular weight excluding hydrogens is 436 g/mol. The van der Waals surface area contributed by atoms with Gasteiger partial charge >= 0.3 is 0 Å². The van der Waals surface area contributed by atoms with E-state index in [0.717, 1.165) is 33.0 Å². The van der Waals surface area contributed by atoms with Crippen molar-refractivity contribution in [3.05, 3.63) is 63.7 Å². The minimum Gasteiger partial charge on any atom is -0.496 e. The first-order chi connectivity index (χ1) is 14.4. The van der Waals surface area contributed by atoms with Crippen LogP contribution in [-0.2, 0) is 21.4 Å². The summed E-state index contributed by atoms with van der Waals surface area (Å²) in [5.74, 6) is 0.692. The Morgan fingerprint density at radius 1 is 1.16 bits per heavy atom. The summed E-state index contributed by atoms with van der Waals surface area (Å²) in [6.07, 6.45) is 1.09. The maximum absolute atomic E-state index is 12.7. The van der Waals surface area contributed by atoms with Gasteiger partial charge in [0.25, 0.3) is 0 Å². The molecule has 0 aliphatic heterocycles. The van der Waals surface area contributed by atoms with Crippen LogP contribution in [0.25, 0.3) is 0 Å². The zero-order chi connectivity index (χ0) is 23.3. The Morgan fingerprint density at radius 2 is 1.81 bits per heavy atom. The molecule has 1 amide bonds. The van der Waals surface area contributed by atoms with Crippen LogP contribution in [0.4, 0.5) is 0 Å². The van der Waals surface area contributed by atoms with E-state index in [-0.39, 0.29) is 31.0 Å². The highest BCUT2D eigenvalue weighted by Crippen LogP contribution is 2.32. The van der Waals surface area contributed by atoms with Gasteiger partial charge in [-0.05, 0) is 60.2 Å². The van der Waals surface area contributed by atoms with Gasteiger partial charge in [0, 0.05) is 11.6 Å². The molecule has 0 aliphatic rings. The number of rotatable bonds is 9. The van der Waals surface area contributed by atoms with Gasteiger partial charge in [-0.2, -0.15) is 4.31 Å². The molecule has 2 aromatic carbocycles. The summed E-state index contributed by atoms with van der Waals surface area (Å²) in [6.45, 7) is 7.75. The molecule has 0 unspecified atom stereocenters. The van der Waals surface area contributed by atoms with Crippen molar-refractivity contribution >= 4 is 27.5 Å². The number of aryl methyl sites for hydroxylation is 1. The van der Waals surface area contributed by atoms with E-state index in [1.807, 2.05) is 26.0 Å². The van der Waals surface area contributed by atoms with E-state index in [1.54, 1.807) is 31.4 Å². The van der Waals surface area contributed by atoms with Crippen molar-refractivity contribution in [1.82, 2.24) is 9.62 Å². The second kappa shape index (κ2) is 10.5. The highest BCUT2D eigenvalue weighted by Gasteiger charge is 2.23. The summed E-state index contributed by atoms with van der Waals surface area (Å²) in [4.78, 5) is 12.7. The average molecular weight is 467 g/mol. The van der Waals surface area contributed by atoms with Crippen LogP contribution >= 0.6 is 11.6 Å². The summed E-state index contributed by atoms with van der Waals surface area (Å²) >= 11 is 6.17. The van der Waals surface area contributed by atoms with E-state index in [0.29, 0.717) is 10.6 Å². The highest BCUT2D eigenvalue weighted by molar-refractivity contribution is 7.88. The van der Waals surface area contributed by atoms with Crippen molar-refractivity contribution < 1.29 is 17.9 Å². The van der Waals surface area contributed by atoms with Crippen molar-refractivity contribution in [3.8, 4) is 5.75 Å². The standard InChI is InChI=1S/C23H31ClN2O4S/c1-15(2)19-12-20(16(3)11-22(19)30-5)17(4)25-23(27)14-26(31(6,28)29)13-18-9-7-8-10-21(18)24/h7-12,15,17H,13-14H2,1-6H3,(H,25,27)/t17-/m1/s1. The maximum Gasteiger partial charge on any atom is 0.235 e. The largest absolute Gasteiger partial charge is 0.496 e. The van der Waals surface area contributed by atoms with Crippen LogP contribution < -0.4 is 10.1 Å². The lowest BCUT2D eigenvalue weighted by Crippen LogP contribution is -2.40.